The van der Waals surface area contributed by atoms with Gasteiger partial charge in [0.15, 0.2) is 0 Å². The van der Waals surface area contributed by atoms with Gasteiger partial charge in [0.05, 0.1) is 7.11 Å². The standard InChI is InChI=1S/C10H9O4.HI.Zn/c1-7(11)14-9-6-4-3-5-8(9)10(12)13-2;;/h4-6H,1-2H3;1H;/p-1. The monoisotopic (exact) mass is 384 g/mol. The van der Waals surface area contributed by atoms with Gasteiger partial charge in [0.2, 0.25) is 0 Å². The zero-order valence-corrected chi connectivity index (χ0v) is 14.1. The summed E-state index contributed by atoms with van der Waals surface area (Å²) in [6, 6.07) is 0. The van der Waals surface area contributed by atoms with Gasteiger partial charge in [0, 0.05) is 26.4 Å². The Morgan fingerprint density at radius 2 is 2.06 bits per heavy atom. The van der Waals surface area contributed by atoms with E-state index in [2.05, 4.69) is 10.5 Å². The molecule has 0 atom stereocenters. The van der Waals surface area contributed by atoms with Crippen molar-refractivity contribution >= 4 is 5.97 Å². The van der Waals surface area contributed by atoms with Gasteiger partial charge >= 0.3 is 11.9 Å². The molecule has 0 heterocycles. The molecule has 0 unspecified atom stereocenters. The maximum absolute atomic E-state index is 11.2. The molecule has 6 heteroatoms. The van der Waals surface area contributed by atoms with E-state index in [4.69, 9.17) is 4.74 Å². The summed E-state index contributed by atoms with van der Waals surface area (Å²) >= 11 is 0. The zero-order valence-electron chi connectivity index (χ0n) is 8.95. The molecule has 0 aliphatic heterocycles. The van der Waals surface area contributed by atoms with Crippen molar-refractivity contribution in [3.05, 3.63) is 41.2 Å². The first-order valence-corrected chi connectivity index (χ1v) is 3.92. The Balaban J connectivity index is 0. The average Bonchev–Trinajstić information content (AvgIpc) is 2.16. The molecule has 0 aromatic carbocycles. The van der Waals surface area contributed by atoms with Crippen LogP contribution in [-0.4, -0.2) is 13.1 Å². The van der Waals surface area contributed by atoms with Gasteiger partial charge in [-0.2, -0.15) is 0 Å². The Morgan fingerprint density at radius 3 is 2.56 bits per heavy atom. The number of allylic oxidation sites excluding steroid dienone is 2. The summed E-state index contributed by atoms with van der Waals surface area (Å²) < 4.78 is 9.32. The first-order chi connectivity index (χ1) is 6.65. The third-order valence-corrected chi connectivity index (χ3v) is 1.48. The summed E-state index contributed by atoms with van der Waals surface area (Å²) in [6.45, 7) is 1.26. The molecule has 0 spiro atoms. The molecule has 4 nitrogen and oxygen atoms in total. The quantitative estimate of drug-likeness (QED) is 0.190. The fourth-order valence-corrected chi connectivity index (χ4v) is 0.929. The van der Waals surface area contributed by atoms with Crippen molar-refractivity contribution < 1.29 is 62.8 Å². The Labute approximate surface area is 123 Å². The normalized spacial score (nSPS) is 15.2. The number of halogens is 1. The van der Waals surface area contributed by atoms with E-state index in [0.717, 1.165) is 0 Å². The van der Waals surface area contributed by atoms with E-state index in [9.17, 15) is 9.90 Å². The van der Waals surface area contributed by atoms with Gasteiger partial charge in [-0.15, -0.1) is 5.73 Å². The van der Waals surface area contributed by atoms with E-state index in [1.807, 2.05) is 0 Å². The van der Waals surface area contributed by atoms with Gasteiger partial charge in [-0.1, -0.05) is 0 Å². The van der Waals surface area contributed by atoms with Gasteiger partial charge in [0.25, 0.3) is 0 Å². The predicted octanol–water partition coefficient (Wildman–Crippen LogP) is -1.55. The largest absolute Gasteiger partial charge is 1.00 e. The molecule has 16 heavy (non-hydrogen) atoms. The van der Waals surface area contributed by atoms with Gasteiger partial charge in [0.1, 0.15) is 11.3 Å². The van der Waals surface area contributed by atoms with Crippen molar-refractivity contribution in [1.82, 2.24) is 0 Å². The van der Waals surface area contributed by atoms with Crippen LogP contribution in [0.3, 0.4) is 0 Å². The summed E-state index contributed by atoms with van der Waals surface area (Å²) in [5.41, 5.74) is 2.88. The van der Waals surface area contributed by atoms with Crippen LogP contribution in [0, 0.1) is 0 Å². The van der Waals surface area contributed by atoms with Gasteiger partial charge < -0.3 is 33.5 Å². The second-order valence-corrected chi connectivity index (χ2v) is 2.51. The molecule has 0 saturated heterocycles. The molecule has 1 aliphatic rings. The number of carbonyl (C=O) groups excluding carboxylic acids is 1. The van der Waals surface area contributed by atoms with Crippen LogP contribution >= 0.6 is 0 Å². The Morgan fingerprint density at radius 1 is 1.44 bits per heavy atom. The first-order valence-electron chi connectivity index (χ1n) is 3.92. The van der Waals surface area contributed by atoms with Crippen molar-refractivity contribution in [2.75, 3.05) is 7.11 Å². The summed E-state index contributed by atoms with van der Waals surface area (Å²) in [4.78, 5) is 10.7. The zero-order chi connectivity index (χ0) is 10.6. The molecule has 0 N–H and O–H groups in total. The van der Waals surface area contributed by atoms with E-state index in [1.165, 1.54) is 26.2 Å². The maximum Gasteiger partial charge on any atom is 0.342 e. The van der Waals surface area contributed by atoms with Crippen LogP contribution in [0.1, 0.15) is 6.92 Å². The molecule has 0 aromatic heterocycles. The molecule has 1 rings (SSSR count). The average molecular weight is 385 g/mol. The van der Waals surface area contributed by atoms with E-state index in [0.29, 0.717) is 0 Å². The minimum absolute atomic E-state index is 0. The molecule has 0 saturated carbocycles. The minimum atomic E-state index is -0.557. The predicted molar refractivity (Wildman–Crippen MR) is 47.2 cm³/mol. The number of hydrogen-bond donors (Lipinski definition) is 0. The maximum atomic E-state index is 11.2. The Kier molecular flexibility index (Phi) is 9.53. The molecule has 0 fully saturated rings. The molecule has 0 aromatic rings. The van der Waals surface area contributed by atoms with Crippen molar-refractivity contribution in [1.29, 1.82) is 0 Å². The molecular formula is C10H9IO4Zn-. The third kappa shape index (κ3) is 4.97. The Hall–Kier alpha value is -0.577. The molecule has 0 bridgehead atoms. The molecule has 0 amide bonds. The first kappa shape index (κ1) is 17.8. The van der Waals surface area contributed by atoms with E-state index >= 15 is 0 Å². The van der Waals surface area contributed by atoms with Gasteiger partial charge in [-0.25, -0.2) is 5.11 Å². The second kappa shape index (κ2) is 8.56. The van der Waals surface area contributed by atoms with Crippen molar-refractivity contribution in [2.45, 2.75) is 6.92 Å². The number of methoxy groups -OCH3 is 1. The number of carbonyl (C=O) groups is 1. The van der Waals surface area contributed by atoms with Gasteiger partial charge in [-0.3, -0.25) is 4.79 Å². The number of ether oxygens (including phenoxy) is 2. The van der Waals surface area contributed by atoms with Crippen molar-refractivity contribution in [3.8, 4) is 0 Å². The number of esters is 1. The van der Waals surface area contributed by atoms with E-state index in [1.54, 1.807) is 6.08 Å². The fraction of sp³-hybridized carbons (Fsp3) is 0.200. The van der Waals surface area contributed by atoms with Crippen molar-refractivity contribution in [2.24, 2.45) is 0 Å². The van der Waals surface area contributed by atoms with E-state index in [-0.39, 0.29) is 54.8 Å². The van der Waals surface area contributed by atoms with Crippen LogP contribution in [-0.2, 0) is 38.9 Å². The topological polar surface area (TPSA) is 55.4 Å². The van der Waals surface area contributed by atoms with Crippen LogP contribution in [0.2, 0.25) is 0 Å². The molecule has 83 valence electrons. The fourth-order valence-electron chi connectivity index (χ4n) is 0.929. The smallest absolute Gasteiger partial charge is 0.342 e. The van der Waals surface area contributed by atoms with Crippen LogP contribution in [0.5, 0.6) is 0 Å². The van der Waals surface area contributed by atoms with Crippen LogP contribution in [0.4, 0.5) is 0 Å². The Bertz CT molecular complexity index is 378. The van der Waals surface area contributed by atoms with Crippen LogP contribution in [0.15, 0.2) is 41.2 Å². The molecule has 1 aliphatic carbocycles. The molecule has 1 radical (unpaired) electrons. The second-order valence-electron chi connectivity index (χ2n) is 2.51. The summed E-state index contributed by atoms with van der Waals surface area (Å²) in [6.07, 6.45) is 4.43. The van der Waals surface area contributed by atoms with E-state index < -0.39 is 11.9 Å². The number of hydrogen-bond acceptors (Lipinski definition) is 3. The number of rotatable bonds is 2. The van der Waals surface area contributed by atoms with Crippen molar-refractivity contribution in [3.63, 3.8) is 0 Å². The van der Waals surface area contributed by atoms with Crippen LogP contribution in [0.25, 0.3) is 0 Å². The summed E-state index contributed by atoms with van der Waals surface area (Å²) in [7, 11) is 1.26. The van der Waals surface area contributed by atoms with Crippen LogP contribution < -0.4 is 24.0 Å². The SMILES string of the molecule is COC([O])=C1C=C=CC=C1OC(C)=O.[I-].[Zn]. The summed E-state index contributed by atoms with van der Waals surface area (Å²) in [5, 5.41) is 11.2. The minimum Gasteiger partial charge on any atom is -1.00 e. The van der Waals surface area contributed by atoms with Gasteiger partial charge in [-0.05, 0) is 18.2 Å². The third-order valence-electron chi connectivity index (χ3n) is 1.48. The summed E-state index contributed by atoms with van der Waals surface area (Å²) in [5.74, 6) is -0.859. The molecular weight excluding hydrogens is 376 g/mol.